The maximum atomic E-state index is 13.3. The van der Waals surface area contributed by atoms with E-state index in [4.69, 9.17) is 0 Å². The van der Waals surface area contributed by atoms with Gasteiger partial charge in [0.15, 0.2) is 12.1 Å². The van der Waals surface area contributed by atoms with Crippen LogP contribution in [0.15, 0.2) is 140 Å². The molecule has 0 radical (unpaired) electrons. The summed E-state index contributed by atoms with van der Waals surface area (Å²) >= 11 is 0. The lowest BCUT2D eigenvalue weighted by atomic mass is 9.80. The van der Waals surface area contributed by atoms with Crippen LogP contribution >= 0.6 is 0 Å². The number of ketones is 1. The second-order valence-corrected chi connectivity index (χ2v) is 15.5. The van der Waals surface area contributed by atoms with E-state index in [1.807, 2.05) is 36.4 Å². The van der Waals surface area contributed by atoms with Crippen molar-refractivity contribution < 1.29 is 9.59 Å². The molecule has 0 aliphatic carbocycles. The number of hydrogen-bond acceptors (Lipinski definition) is 3. The molecule has 0 spiro atoms. The molecule has 7 aromatic rings. The molecule has 0 heterocycles. The molecular weight excluding hydrogens is 623 g/mol. The van der Waals surface area contributed by atoms with Gasteiger partial charge in [0, 0.05) is 27.9 Å². The Morgan fingerprint density at radius 3 is 1.82 bits per heavy atom. The van der Waals surface area contributed by atoms with Gasteiger partial charge in [-0.3, -0.25) is 9.59 Å². The Kier molecular flexibility index (Phi) is 8.69. The minimum Gasteiger partial charge on any atom is -0.310 e. The Labute approximate surface area is 300 Å². The number of carbonyl (C=O) groups is 2. The van der Waals surface area contributed by atoms with Crippen molar-refractivity contribution in [2.24, 2.45) is 0 Å². The van der Waals surface area contributed by atoms with Crippen LogP contribution in [-0.2, 0) is 10.8 Å². The molecule has 3 heteroatoms. The van der Waals surface area contributed by atoms with Gasteiger partial charge >= 0.3 is 0 Å². The summed E-state index contributed by atoms with van der Waals surface area (Å²) in [6.07, 6.45) is 4.14. The fraction of sp³-hybridized carbons (Fsp3) is 0.167. The summed E-state index contributed by atoms with van der Waals surface area (Å²) in [6.45, 7) is 13.7. The third kappa shape index (κ3) is 6.85. The minimum absolute atomic E-state index is 0.0295. The predicted octanol–water partition coefficient (Wildman–Crippen LogP) is 12.9. The van der Waals surface area contributed by atoms with E-state index in [-0.39, 0.29) is 16.6 Å². The molecule has 3 nitrogen and oxygen atoms in total. The average Bonchev–Trinajstić information content (AvgIpc) is 3.12. The average molecular weight is 666 g/mol. The van der Waals surface area contributed by atoms with Gasteiger partial charge in [-0.05, 0) is 109 Å². The maximum Gasteiger partial charge on any atom is 0.186 e. The summed E-state index contributed by atoms with van der Waals surface area (Å²) in [7, 11) is 0. The highest BCUT2D eigenvalue weighted by Gasteiger charge is 2.24. The smallest absolute Gasteiger partial charge is 0.186 e. The van der Waals surface area contributed by atoms with Gasteiger partial charge in [-0.25, -0.2) is 0 Å². The van der Waals surface area contributed by atoms with Gasteiger partial charge < -0.3 is 4.90 Å². The molecule has 0 saturated carbocycles. The summed E-state index contributed by atoms with van der Waals surface area (Å²) in [4.78, 5) is 27.6. The van der Waals surface area contributed by atoms with Crippen molar-refractivity contribution in [1.29, 1.82) is 0 Å². The second-order valence-electron chi connectivity index (χ2n) is 15.5. The van der Waals surface area contributed by atoms with Gasteiger partial charge in [0.25, 0.3) is 0 Å². The topological polar surface area (TPSA) is 37.4 Å². The quantitative estimate of drug-likeness (QED) is 0.0966. The monoisotopic (exact) mass is 665 g/mol. The number of aldehydes is 1. The second kappa shape index (κ2) is 13.2. The van der Waals surface area contributed by atoms with Crippen molar-refractivity contribution in [2.45, 2.75) is 52.4 Å². The number of anilines is 3. The summed E-state index contributed by atoms with van der Waals surface area (Å²) in [5, 5.41) is 6.42. The molecule has 0 N–H and O–H groups in total. The first-order valence-corrected chi connectivity index (χ1v) is 17.6. The molecule has 0 aliphatic rings. The van der Waals surface area contributed by atoms with E-state index in [1.165, 1.54) is 21.9 Å². The number of nitrogens with zero attached hydrogens (tertiary/aromatic N) is 1. The fourth-order valence-corrected chi connectivity index (χ4v) is 6.76. The molecule has 252 valence electrons. The van der Waals surface area contributed by atoms with Crippen LogP contribution in [0.5, 0.6) is 0 Å². The Morgan fingerprint density at radius 2 is 1.14 bits per heavy atom. The molecule has 0 amide bonds. The lowest BCUT2D eigenvalue weighted by Gasteiger charge is -2.32. The number of rotatable bonds is 7. The van der Waals surface area contributed by atoms with E-state index in [2.05, 4.69) is 137 Å². The molecule has 7 rings (SSSR count). The van der Waals surface area contributed by atoms with Crippen molar-refractivity contribution in [3.8, 4) is 0 Å². The molecule has 51 heavy (non-hydrogen) atoms. The minimum atomic E-state index is -0.198. The number of carbonyl (C=O) groups excluding carboxylic acids is 2. The molecule has 0 aromatic heterocycles. The van der Waals surface area contributed by atoms with E-state index in [9.17, 15) is 9.59 Å². The molecule has 0 bridgehead atoms. The Bertz CT molecular complexity index is 2450. The first kappa shape index (κ1) is 33.7. The van der Waals surface area contributed by atoms with Crippen LogP contribution < -0.4 is 4.90 Å². The lowest BCUT2D eigenvalue weighted by molar-refractivity contribution is 0.103. The molecule has 7 aromatic carbocycles. The standard InChI is InChI=1S/C48H43NO2/c1-47(2,3)39-28-40(48(4,5)6)30-42(29-39)49(45-17-11-15-33-12-9-10-16-43(33)45)41-22-21-36-24-32(18-20-37(36)26-41)19-23-46(51)44-27-35-14-8-7-13-34(35)25-38(44)31-50/h7-31H,1-6H3/b23-19+. The molecule has 0 atom stereocenters. The van der Waals surface area contributed by atoms with Crippen molar-refractivity contribution in [3.63, 3.8) is 0 Å². The Morgan fingerprint density at radius 1 is 0.549 bits per heavy atom. The third-order valence-electron chi connectivity index (χ3n) is 9.76. The van der Waals surface area contributed by atoms with Crippen molar-refractivity contribution in [2.75, 3.05) is 4.90 Å². The van der Waals surface area contributed by atoms with Crippen molar-refractivity contribution in [1.82, 2.24) is 0 Å². The molecule has 0 unspecified atom stereocenters. The van der Waals surface area contributed by atoms with Crippen LogP contribution in [-0.4, -0.2) is 12.1 Å². The van der Waals surface area contributed by atoms with Gasteiger partial charge in [-0.2, -0.15) is 0 Å². The van der Waals surface area contributed by atoms with E-state index in [0.717, 1.165) is 50.5 Å². The highest BCUT2D eigenvalue weighted by molar-refractivity contribution is 6.13. The van der Waals surface area contributed by atoms with Crippen LogP contribution in [0.4, 0.5) is 17.1 Å². The van der Waals surface area contributed by atoms with Crippen LogP contribution in [0.1, 0.15) is 78.9 Å². The van der Waals surface area contributed by atoms with Crippen LogP contribution in [0.25, 0.3) is 38.4 Å². The molecule has 0 saturated heterocycles. The van der Waals surface area contributed by atoms with Gasteiger partial charge in [-0.1, -0.05) is 133 Å². The Hall–Kier alpha value is -5.80. The zero-order valence-electron chi connectivity index (χ0n) is 30.2. The largest absolute Gasteiger partial charge is 0.310 e. The van der Waals surface area contributed by atoms with Gasteiger partial charge in [0.1, 0.15) is 0 Å². The maximum absolute atomic E-state index is 13.3. The molecule has 0 aliphatic heterocycles. The summed E-state index contributed by atoms with van der Waals surface area (Å²) in [6, 6.07) is 46.3. The third-order valence-corrected chi connectivity index (χ3v) is 9.76. The molecule has 0 fully saturated rings. The lowest BCUT2D eigenvalue weighted by Crippen LogP contribution is -2.19. The van der Waals surface area contributed by atoms with E-state index in [0.29, 0.717) is 11.1 Å². The van der Waals surface area contributed by atoms with E-state index < -0.39 is 0 Å². The van der Waals surface area contributed by atoms with Gasteiger partial charge in [0.05, 0.1) is 5.69 Å². The number of allylic oxidation sites excluding steroid dienone is 1. The SMILES string of the molecule is CC(C)(C)c1cc(N(c2ccc3cc(/C=C/C(=O)c4cc5ccccc5cc4C=O)ccc3c2)c2cccc3ccccc23)cc(C(C)(C)C)c1. The number of fused-ring (bicyclic) bond motifs is 3. The normalized spacial score (nSPS) is 12.2. The van der Waals surface area contributed by atoms with Crippen LogP contribution in [0.2, 0.25) is 0 Å². The van der Waals surface area contributed by atoms with Crippen LogP contribution in [0, 0.1) is 0 Å². The Balaban J connectivity index is 1.30. The number of hydrogen-bond donors (Lipinski definition) is 0. The van der Waals surface area contributed by atoms with E-state index >= 15 is 0 Å². The summed E-state index contributed by atoms with van der Waals surface area (Å²) < 4.78 is 0. The first-order chi connectivity index (χ1) is 24.4. The fourth-order valence-electron chi connectivity index (χ4n) is 6.76. The highest BCUT2D eigenvalue weighted by atomic mass is 16.1. The van der Waals surface area contributed by atoms with Gasteiger partial charge in [0.2, 0.25) is 0 Å². The number of benzene rings is 7. The van der Waals surface area contributed by atoms with Crippen LogP contribution in [0.3, 0.4) is 0 Å². The zero-order chi connectivity index (χ0) is 35.9. The zero-order valence-corrected chi connectivity index (χ0v) is 30.2. The van der Waals surface area contributed by atoms with Gasteiger partial charge in [-0.15, -0.1) is 0 Å². The van der Waals surface area contributed by atoms with Crippen molar-refractivity contribution in [3.05, 3.63) is 167 Å². The summed E-state index contributed by atoms with van der Waals surface area (Å²) in [5.74, 6) is -0.198. The highest BCUT2D eigenvalue weighted by Crippen LogP contribution is 2.43. The molecular formula is C48H43NO2. The van der Waals surface area contributed by atoms with Crippen molar-refractivity contribution >= 4 is 67.5 Å². The summed E-state index contributed by atoms with van der Waals surface area (Å²) in [5.41, 5.74) is 7.57. The van der Waals surface area contributed by atoms with E-state index in [1.54, 1.807) is 18.2 Å². The first-order valence-electron chi connectivity index (χ1n) is 17.6. The predicted molar refractivity (Wildman–Crippen MR) is 216 cm³/mol.